The Morgan fingerprint density at radius 3 is 2.34 bits per heavy atom. The molecule has 3 aliphatic heterocycles. The van der Waals surface area contributed by atoms with E-state index in [1.165, 1.54) is 11.8 Å². The van der Waals surface area contributed by atoms with Gasteiger partial charge >= 0.3 is 12.1 Å². The van der Waals surface area contributed by atoms with E-state index in [1.807, 2.05) is 17.8 Å². The second-order valence-electron chi connectivity index (χ2n) is 15.3. The average molecular weight is 794 g/mol. The van der Waals surface area contributed by atoms with Crippen LogP contribution in [0, 0.1) is 0 Å². The molecule has 0 saturated carbocycles. The van der Waals surface area contributed by atoms with Crippen LogP contribution < -0.4 is 41.5 Å². The van der Waals surface area contributed by atoms with Crippen molar-refractivity contribution in [2.45, 2.75) is 114 Å². The summed E-state index contributed by atoms with van der Waals surface area (Å²) in [6, 6.07) is 13.9. The highest BCUT2D eigenvalue weighted by Gasteiger charge is 2.43. The summed E-state index contributed by atoms with van der Waals surface area (Å²) in [5, 5.41) is 17.5. The van der Waals surface area contributed by atoms with Crippen LogP contribution in [-0.2, 0) is 23.9 Å². The molecule has 56 heavy (non-hydrogen) atoms. The van der Waals surface area contributed by atoms with E-state index in [2.05, 4.69) is 31.9 Å². The number of benzene rings is 2. The van der Waals surface area contributed by atoms with E-state index in [9.17, 15) is 28.8 Å². The van der Waals surface area contributed by atoms with Gasteiger partial charge in [-0.2, -0.15) is 11.8 Å². The molecule has 2 aromatic carbocycles. The van der Waals surface area contributed by atoms with Crippen LogP contribution in [0.3, 0.4) is 0 Å². The quantitative estimate of drug-likeness (QED) is 0.102. The standard InChI is InChI=1S/C40H55N7O8S/c1-25(43-39(53)55-40(2,3)4)36(50)45-34-35(26-15-7-5-8-16-26)54-29-18-10-9-17-28(29)47(37(34)51)23-32(49)42-22-14-6-13-21-41-31(48)20-12-11-19-30-33-27(24-56-30)44-38(52)46-33/h5,7-10,15-18,25,27,30,33-35H,6,11-14,19-24H2,1-4H3,(H,41,48)(H,42,49)(H,43,53)(H,45,50)(H2,44,46,52)/t25-,27-,30-,33-,34-,35+/m0/s1. The molecular weight excluding hydrogens is 739 g/mol. The minimum Gasteiger partial charge on any atom is -0.481 e. The third-order valence-electron chi connectivity index (χ3n) is 9.68. The van der Waals surface area contributed by atoms with Gasteiger partial charge in [-0.15, -0.1) is 0 Å². The number of fused-ring (bicyclic) bond motifs is 2. The largest absolute Gasteiger partial charge is 0.481 e. The molecule has 0 aliphatic carbocycles. The Bertz CT molecular complexity index is 1710. The van der Waals surface area contributed by atoms with Crippen molar-refractivity contribution in [3.8, 4) is 5.75 Å². The fourth-order valence-electron chi connectivity index (χ4n) is 6.88. The van der Waals surface area contributed by atoms with Crippen molar-refractivity contribution < 1.29 is 38.2 Å². The smallest absolute Gasteiger partial charge is 0.408 e. The Morgan fingerprint density at radius 2 is 1.61 bits per heavy atom. The zero-order valence-corrected chi connectivity index (χ0v) is 33.4. The van der Waals surface area contributed by atoms with E-state index in [-0.39, 0.29) is 36.5 Å². The highest BCUT2D eigenvalue weighted by atomic mass is 32.2. The Labute approximate surface area is 332 Å². The SMILES string of the molecule is C[C@H](NC(=O)OC(C)(C)C)C(=O)N[C@@H]1C(=O)N(CC(=O)NCCCCCNC(=O)CCCC[C@@H]2SC[C@@H]3NC(=O)N[C@@H]32)c2ccccc2O[C@@H]1c1ccccc1. The summed E-state index contributed by atoms with van der Waals surface area (Å²) in [6.45, 7) is 7.22. The molecule has 3 heterocycles. The second kappa shape index (κ2) is 19.7. The molecule has 0 bridgehead atoms. The number of nitrogens with one attached hydrogen (secondary N) is 6. The molecule has 0 spiro atoms. The van der Waals surface area contributed by atoms with Crippen LogP contribution >= 0.6 is 11.8 Å². The highest BCUT2D eigenvalue weighted by molar-refractivity contribution is 8.00. The molecule has 5 rings (SSSR count). The summed E-state index contributed by atoms with van der Waals surface area (Å²) in [4.78, 5) is 78.8. The number of urea groups is 1. The van der Waals surface area contributed by atoms with Crippen LogP contribution in [0.5, 0.6) is 5.75 Å². The third-order valence-corrected chi connectivity index (χ3v) is 11.2. The number of ether oxygens (including phenoxy) is 2. The van der Waals surface area contributed by atoms with E-state index < -0.39 is 41.7 Å². The van der Waals surface area contributed by atoms with Gasteiger partial charge in [0, 0.05) is 30.5 Å². The molecule has 2 aromatic rings. The minimum absolute atomic E-state index is 0.0234. The van der Waals surface area contributed by atoms with Gasteiger partial charge in [0.25, 0.3) is 5.91 Å². The van der Waals surface area contributed by atoms with Crippen molar-refractivity contribution in [3.05, 3.63) is 60.2 Å². The van der Waals surface area contributed by atoms with Gasteiger partial charge in [-0.1, -0.05) is 48.9 Å². The Morgan fingerprint density at radius 1 is 0.911 bits per heavy atom. The molecule has 0 aromatic heterocycles. The summed E-state index contributed by atoms with van der Waals surface area (Å²) < 4.78 is 11.7. The topological polar surface area (TPSA) is 196 Å². The van der Waals surface area contributed by atoms with Crippen molar-refractivity contribution >= 4 is 53.2 Å². The van der Waals surface area contributed by atoms with Gasteiger partial charge in [0.2, 0.25) is 17.7 Å². The number of anilines is 1. The lowest BCUT2D eigenvalue weighted by atomic mass is 10.0. The van der Waals surface area contributed by atoms with E-state index in [0.29, 0.717) is 48.2 Å². The number of carbonyl (C=O) groups is 6. The molecule has 2 saturated heterocycles. The van der Waals surface area contributed by atoms with Gasteiger partial charge < -0.3 is 41.4 Å². The zero-order chi connectivity index (χ0) is 40.2. The van der Waals surface area contributed by atoms with E-state index in [4.69, 9.17) is 9.47 Å². The molecule has 2 fully saturated rings. The number of rotatable bonds is 17. The van der Waals surface area contributed by atoms with Crippen LogP contribution in [0.1, 0.15) is 84.3 Å². The normalized spacial score (nSPS) is 21.9. The first-order valence-corrected chi connectivity index (χ1v) is 20.5. The molecule has 7 amide bonds. The lowest BCUT2D eigenvalue weighted by molar-refractivity contribution is -0.131. The molecule has 3 aliphatic rings. The summed E-state index contributed by atoms with van der Waals surface area (Å²) in [6.07, 6.45) is 3.66. The molecule has 0 unspecified atom stereocenters. The number of para-hydroxylation sites is 2. The first-order valence-electron chi connectivity index (χ1n) is 19.4. The first kappa shape index (κ1) is 42.2. The number of hydrogen-bond donors (Lipinski definition) is 6. The van der Waals surface area contributed by atoms with E-state index >= 15 is 0 Å². The number of unbranched alkanes of at least 4 members (excludes halogenated alkanes) is 3. The predicted octanol–water partition coefficient (Wildman–Crippen LogP) is 3.68. The Hall–Kier alpha value is -4.99. The maximum absolute atomic E-state index is 14.4. The van der Waals surface area contributed by atoms with Gasteiger partial charge in [0.15, 0.2) is 6.10 Å². The lowest BCUT2D eigenvalue weighted by Crippen LogP contribution is -2.57. The van der Waals surface area contributed by atoms with Gasteiger partial charge in [-0.05, 0) is 77.5 Å². The maximum atomic E-state index is 14.4. The van der Waals surface area contributed by atoms with Crippen LogP contribution in [0.4, 0.5) is 15.3 Å². The first-order chi connectivity index (χ1) is 26.8. The molecule has 16 heteroatoms. The van der Waals surface area contributed by atoms with Crippen molar-refractivity contribution in [1.82, 2.24) is 31.9 Å². The summed E-state index contributed by atoms with van der Waals surface area (Å²) in [7, 11) is 0. The third kappa shape index (κ3) is 12.0. The predicted molar refractivity (Wildman–Crippen MR) is 213 cm³/mol. The zero-order valence-electron chi connectivity index (χ0n) is 32.6. The summed E-state index contributed by atoms with van der Waals surface area (Å²) in [5.74, 6) is -0.267. The fourth-order valence-corrected chi connectivity index (χ4v) is 8.42. The van der Waals surface area contributed by atoms with Crippen LogP contribution in [0.15, 0.2) is 54.6 Å². The van der Waals surface area contributed by atoms with Crippen LogP contribution in [0.2, 0.25) is 0 Å². The molecule has 15 nitrogen and oxygen atoms in total. The summed E-state index contributed by atoms with van der Waals surface area (Å²) in [5.41, 5.74) is 0.239. The fraction of sp³-hybridized carbons (Fsp3) is 0.550. The number of nitrogens with zero attached hydrogens (tertiary/aromatic N) is 1. The number of hydrogen-bond acceptors (Lipinski definition) is 9. The molecule has 6 atom stereocenters. The van der Waals surface area contributed by atoms with Crippen molar-refractivity contribution in [2.75, 3.05) is 30.3 Å². The number of alkyl carbamates (subject to hydrolysis) is 1. The molecular formula is C40H55N7O8S. The Balaban J connectivity index is 1.08. The van der Waals surface area contributed by atoms with Crippen molar-refractivity contribution in [1.29, 1.82) is 0 Å². The lowest BCUT2D eigenvalue weighted by Gasteiger charge is -2.29. The second-order valence-corrected chi connectivity index (χ2v) is 16.6. The molecule has 0 radical (unpaired) electrons. The van der Waals surface area contributed by atoms with Crippen molar-refractivity contribution in [2.24, 2.45) is 0 Å². The average Bonchev–Trinajstić information content (AvgIpc) is 3.68. The van der Waals surface area contributed by atoms with Gasteiger partial charge in [0.05, 0.1) is 17.8 Å². The Kier molecular flexibility index (Phi) is 14.9. The number of thioether (sulfide) groups is 1. The monoisotopic (exact) mass is 793 g/mol. The minimum atomic E-state index is -1.25. The molecule has 304 valence electrons. The summed E-state index contributed by atoms with van der Waals surface area (Å²) >= 11 is 1.88. The van der Waals surface area contributed by atoms with Crippen molar-refractivity contribution in [3.63, 3.8) is 0 Å². The highest BCUT2D eigenvalue weighted by Crippen LogP contribution is 2.38. The van der Waals surface area contributed by atoms with Crippen LogP contribution in [-0.4, -0.2) is 96.2 Å². The molecule has 6 N–H and O–H groups in total. The number of carbonyl (C=O) groups excluding carboxylic acids is 6. The van der Waals surface area contributed by atoms with Gasteiger partial charge in [-0.3, -0.25) is 24.1 Å². The van der Waals surface area contributed by atoms with Crippen LogP contribution in [0.25, 0.3) is 0 Å². The van der Waals surface area contributed by atoms with Gasteiger partial charge in [-0.25, -0.2) is 9.59 Å². The number of amides is 7. The van der Waals surface area contributed by atoms with E-state index in [0.717, 1.165) is 37.9 Å². The van der Waals surface area contributed by atoms with Gasteiger partial charge in [0.1, 0.15) is 30.0 Å². The maximum Gasteiger partial charge on any atom is 0.408 e. The van der Waals surface area contributed by atoms with E-state index in [1.54, 1.807) is 69.3 Å².